The predicted molar refractivity (Wildman–Crippen MR) is 79.8 cm³/mol. The van der Waals surface area contributed by atoms with Crippen LogP contribution in [0.3, 0.4) is 0 Å². The Labute approximate surface area is 117 Å². The van der Waals surface area contributed by atoms with Crippen LogP contribution in [0.25, 0.3) is 11.4 Å². The van der Waals surface area contributed by atoms with Crippen LogP contribution in [-0.4, -0.2) is 13.9 Å². The average molecular weight is 267 g/mol. The number of benzene rings is 1. The molecule has 2 aromatic heterocycles. The second-order valence-corrected chi connectivity index (χ2v) is 4.97. The Morgan fingerprint density at radius 3 is 2.10 bits per heavy atom. The zero-order valence-electron chi connectivity index (χ0n) is 11.9. The van der Waals surface area contributed by atoms with E-state index in [1.807, 2.05) is 71.8 Å². The molecule has 3 aromatic rings. The highest BCUT2D eigenvalue weighted by Gasteiger charge is 2.14. The van der Waals surface area contributed by atoms with Crippen molar-refractivity contribution in [3.63, 3.8) is 0 Å². The lowest BCUT2D eigenvalue weighted by Gasteiger charge is -2.06. The summed E-state index contributed by atoms with van der Waals surface area (Å²) in [5.41, 5.74) is 3.77. The van der Waals surface area contributed by atoms with Gasteiger partial charge in [-0.05, 0) is 38.1 Å². The third kappa shape index (κ3) is 1.81. The van der Waals surface area contributed by atoms with Crippen LogP contribution < -0.4 is 5.56 Å². The summed E-state index contributed by atoms with van der Waals surface area (Å²) in [5, 5.41) is 0. The number of hydrogen-bond donors (Lipinski definition) is 0. The standard InChI is InChI=1S/C16H17N3O/c1-12-9-10-13(2)19(12)15-11-18(17(3)16(15)20)14-7-5-4-6-8-14/h4-11H,1-3H3. The van der Waals surface area contributed by atoms with Crippen molar-refractivity contribution in [1.82, 2.24) is 13.9 Å². The van der Waals surface area contributed by atoms with E-state index in [0.717, 1.165) is 17.1 Å². The predicted octanol–water partition coefficient (Wildman–Crippen LogP) is 2.58. The van der Waals surface area contributed by atoms with Crippen molar-refractivity contribution in [2.24, 2.45) is 7.05 Å². The van der Waals surface area contributed by atoms with Crippen LogP contribution in [0.15, 0.2) is 53.5 Å². The van der Waals surface area contributed by atoms with Gasteiger partial charge in [0.2, 0.25) is 0 Å². The minimum absolute atomic E-state index is 0.00347. The molecule has 4 heteroatoms. The average Bonchev–Trinajstić information content (AvgIpc) is 2.93. The molecule has 2 heterocycles. The van der Waals surface area contributed by atoms with Crippen molar-refractivity contribution in [2.45, 2.75) is 13.8 Å². The van der Waals surface area contributed by atoms with Crippen LogP contribution in [0.4, 0.5) is 0 Å². The Morgan fingerprint density at radius 2 is 1.50 bits per heavy atom. The number of nitrogens with zero attached hydrogens (tertiary/aromatic N) is 3. The molecule has 4 nitrogen and oxygen atoms in total. The summed E-state index contributed by atoms with van der Waals surface area (Å²) in [7, 11) is 1.78. The molecule has 0 aliphatic carbocycles. The first-order chi connectivity index (χ1) is 9.59. The van der Waals surface area contributed by atoms with Crippen LogP contribution in [0, 0.1) is 13.8 Å². The summed E-state index contributed by atoms with van der Waals surface area (Å²) in [6.07, 6.45) is 1.89. The molecule has 0 spiro atoms. The molecular formula is C16H17N3O. The summed E-state index contributed by atoms with van der Waals surface area (Å²) in [5.74, 6) is 0. The van der Waals surface area contributed by atoms with Gasteiger partial charge in [0.15, 0.2) is 0 Å². The number of hydrogen-bond acceptors (Lipinski definition) is 1. The molecule has 0 aliphatic rings. The van der Waals surface area contributed by atoms with Crippen molar-refractivity contribution in [3.8, 4) is 11.4 Å². The minimum atomic E-state index is -0.00347. The van der Waals surface area contributed by atoms with Gasteiger partial charge in [-0.3, -0.25) is 9.48 Å². The van der Waals surface area contributed by atoms with E-state index < -0.39 is 0 Å². The fourth-order valence-electron chi connectivity index (χ4n) is 2.55. The SMILES string of the molecule is Cc1ccc(C)n1-c1cn(-c2ccccc2)n(C)c1=O. The normalized spacial score (nSPS) is 10.9. The Bertz CT molecular complexity index is 787. The molecule has 0 bridgehead atoms. The number of rotatable bonds is 2. The van der Waals surface area contributed by atoms with Crippen LogP contribution >= 0.6 is 0 Å². The van der Waals surface area contributed by atoms with Crippen molar-refractivity contribution in [2.75, 3.05) is 0 Å². The summed E-state index contributed by atoms with van der Waals surface area (Å²) in [6, 6.07) is 13.9. The summed E-state index contributed by atoms with van der Waals surface area (Å²) in [6.45, 7) is 4.01. The van der Waals surface area contributed by atoms with Crippen molar-refractivity contribution < 1.29 is 0 Å². The first kappa shape index (κ1) is 12.5. The van der Waals surface area contributed by atoms with Gasteiger partial charge < -0.3 is 4.57 Å². The molecular weight excluding hydrogens is 250 g/mol. The fraction of sp³-hybridized carbons (Fsp3) is 0.188. The Morgan fingerprint density at radius 1 is 0.900 bits per heavy atom. The Hall–Kier alpha value is -2.49. The van der Waals surface area contributed by atoms with Gasteiger partial charge in [-0.2, -0.15) is 0 Å². The molecule has 0 radical (unpaired) electrons. The monoisotopic (exact) mass is 267 g/mol. The highest BCUT2D eigenvalue weighted by molar-refractivity contribution is 5.39. The smallest absolute Gasteiger partial charge is 0.290 e. The topological polar surface area (TPSA) is 31.9 Å². The second kappa shape index (κ2) is 4.56. The number of aromatic nitrogens is 3. The van der Waals surface area contributed by atoms with Gasteiger partial charge in [-0.15, -0.1) is 0 Å². The lowest BCUT2D eigenvalue weighted by molar-refractivity contribution is 0.641. The van der Waals surface area contributed by atoms with Gasteiger partial charge in [0.05, 0.1) is 11.9 Å². The molecule has 0 N–H and O–H groups in total. The first-order valence-corrected chi connectivity index (χ1v) is 6.59. The van der Waals surface area contributed by atoms with Crippen LogP contribution in [0.2, 0.25) is 0 Å². The van der Waals surface area contributed by atoms with Crippen LogP contribution in [0.5, 0.6) is 0 Å². The molecule has 0 unspecified atom stereocenters. The third-order valence-electron chi connectivity index (χ3n) is 3.61. The lowest BCUT2D eigenvalue weighted by Crippen LogP contribution is -2.20. The number of aryl methyl sites for hydroxylation is 2. The van der Waals surface area contributed by atoms with Gasteiger partial charge in [0, 0.05) is 18.4 Å². The van der Waals surface area contributed by atoms with E-state index in [1.54, 1.807) is 11.7 Å². The first-order valence-electron chi connectivity index (χ1n) is 6.59. The van der Waals surface area contributed by atoms with E-state index in [-0.39, 0.29) is 5.56 Å². The maximum atomic E-state index is 12.5. The molecule has 102 valence electrons. The van der Waals surface area contributed by atoms with E-state index in [2.05, 4.69) is 0 Å². The molecule has 20 heavy (non-hydrogen) atoms. The van der Waals surface area contributed by atoms with Gasteiger partial charge in [0.1, 0.15) is 5.69 Å². The van der Waals surface area contributed by atoms with Gasteiger partial charge in [-0.25, -0.2) is 4.68 Å². The van der Waals surface area contributed by atoms with E-state index in [1.165, 1.54) is 0 Å². The summed E-state index contributed by atoms with van der Waals surface area (Å²) < 4.78 is 5.49. The van der Waals surface area contributed by atoms with E-state index in [9.17, 15) is 4.79 Å². The summed E-state index contributed by atoms with van der Waals surface area (Å²) >= 11 is 0. The molecule has 3 rings (SSSR count). The molecule has 0 saturated heterocycles. The van der Waals surface area contributed by atoms with Crippen LogP contribution in [-0.2, 0) is 7.05 Å². The molecule has 0 atom stereocenters. The van der Waals surface area contributed by atoms with Crippen molar-refractivity contribution >= 4 is 0 Å². The van der Waals surface area contributed by atoms with Crippen LogP contribution in [0.1, 0.15) is 11.4 Å². The molecule has 0 saturated carbocycles. The molecule has 0 fully saturated rings. The van der Waals surface area contributed by atoms with Crippen molar-refractivity contribution in [3.05, 3.63) is 70.4 Å². The van der Waals surface area contributed by atoms with Gasteiger partial charge in [-0.1, -0.05) is 18.2 Å². The lowest BCUT2D eigenvalue weighted by atomic mass is 10.3. The maximum absolute atomic E-state index is 12.5. The summed E-state index contributed by atoms with van der Waals surface area (Å²) in [4.78, 5) is 12.5. The minimum Gasteiger partial charge on any atom is -0.312 e. The van der Waals surface area contributed by atoms with Crippen molar-refractivity contribution in [1.29, 1.82) is 0 Å². The third-order valence-corrected chi connectivity index (χ3v) is 3.61. The zero-order chi connectivity index (χ0) is 14.3. The van der Waals surface area contributed by atoms with E-state index in [4.69, 9.17) is 0 Å². The Balaban J connectivity index is 2.24. The molecule has 0 aliphatic heterocycles. The fourth-order valence-corrected chi connectivity index (χ4v) is 2.55. The Kier molecular flexibility index (Phi) is 2.86. The zero-order valence-corrected chi connectivity index (χ0v) is 11.9. The quantitative estimate of drug-likeness (QED) is 0.702. The van der Waals surface area contributed by atoms with E-state index in [0.29, 0.717) is 5.69 Å². The number of para-hydroxylation sites is 1. The van der Waals surface area contributed by atoms with Gasteiger partial charge >= 0.3 is 0 Å². The highest BCUT2D eigenvalue weighted by Crippen LogP contribution is 2.15. The highest BCUT2D eigenvalue weighted by atomic mass is 16.1. The molecule has 1 aromatic carbocycles. The largest absolute Gasteiger partial charge is 0.312 e. The van der Waals surface area contributed by atoms with E-state index >= 15 is 0 Å². The molecule has 0 amide bonds. The van der Waals surface area contributed by atoms with Gasteiger partial charge in [0.25, 0.3) is 5.56 Å². The second-order valence-electron chi connectivity index (χ2n) is 4.97. The maximum Gasteiger partial charge on any atom is 0.290 e.